The molecule has 1 aromatic heterocycles. The Balaban J connectivity index is 1.59. The molecule has 3 aliphatic carbocycles. The van der Waals surface area contributed by atoms with E-state index in [0.29, 0.717) is 22.2 Å². The predicted molar refractivity (Wildman–Crippen MR) is 73.4 cm³/mol. The number of hydrogen-bond donors (Lipinski definition) is 2. The number of hydrogen-bond acceptors (Lipinski definition) is 5. The van der Waals surface area contributed by atoms with Crippen molar-refractivity contribution in [2.75, 3.05) is 11.1 Å². The van der Waals surface area contributed by atoms with Gasteiger partial charge in [0.05, 0.1) is 5.69 Å². The highest BCUT2D eigenvalue weighted by Crippen LogP contribution is 2.66. The first-order valence-corrected chi connectivity index (χ1v) is 7.55. The number of anilines is 2. The van der Waals surface area contributed by atoms with Crippen molar-refractivity contribution >= 4 is 22.0 Å². The number of thiophene rings is 1. The largest absolute Gasteiger partial charge is 0.396 e. The molecule has 0 saturated heterocycles. The van der Waals surface area contributed by atoms with E-state index in [1.54, 1.807) is 0 Å². The smallest absolute Gasteiger partial charge is 0.131 e. The number of nitrogens with two attached hydrogens (primary N) is 1. The molecule has 3 aliphatic rings. The Morgan fingerprint density at radius 1 is 1.16 bits per heavy atom. The van der Waals surface area contributed by atoms with E-state index in [1.807, 2.05) is 0 Å². The van der Waals surface area contributed by atoms with Gasteiger partial charge in [-0.05, 0) is 42.9 Å². The molecule has 0 amide bonds. The molecule has 19 heavy (non-hydrogen) atoms. The molecule has 1 aromatic rings. The van der Waals surface area contributed by atoms with E-state index in [4.69, 9.17) is 11.0 Å². The van der Waals surface area contributed by atoms with Gasteiger partial charge in [-0.3, -0.25) is 0 Å². The van der Waals surface area contributed by atoms with Gasteiger partial charge in [-0.15, -0.1) is 11.3 Å². The minimum Gasteiger partial charge on any atom is -0.396 e. The third-order valence-electron chi connectivity index (χ3n) is 5.19. The minimum atomic E-state index is 0.339. The quantitative estimate of drug-likeness (QED) is 0.864. The second-order valence-corrected chi connectivity index (χ2v) is 6.95. The fourth-order valence-corrected chi connectivity index (χ4v) is 5.32. The molecule has 5 heteroatoms. The summed E-state index contributed by atoms with van der Waals surface area (Å²) in [4.78, 5) is 0.452. The number of nitriles is 2. The fourth-order valence-electron chi connectivity index (χ4n) is 4.41. The number of nitrogens with zero attached hydrogens (tertiary/aromatic N) is 2. The number of nitrogen functional groups attached to an aromatic ring is 1. The van der Waals surface area contributed by atoms with Gasteiger partial charge in [0, 0.05) is 6.04 Å². The van der Waals surface area contributed by atoms with Crippen molar-refractivity contribution in [1.82, 2.24) is 0 Å². The average molecular weight is 270 g/mol. The Hall–Kier alpha value is -1.72. The van der Waals surface area contributed by atoms with Crippen LogP contribution in [-0.2, 0) is 0 Å². The molecule has 3 N–H and O–H groups in total. The van der Waals surface area contributed by atoms with E-state index in [-0.39, 0.29) is 0 Å². The highest BCUT2D eigenvalue weighted by molar-refractivity contribution is 7.17. The van der Waals surface area contributed by atoms with Crippen LogP contribution in [0.4, 0.5) is 10.7 Å². The van der Waals surface area contributed by atoms with E-state index in [2.05, 4.69) is 17.5 Å². The Morgan fingerprint density at radius 2 is 1.84 bits per heavy atom. The lowest BCUT2D eigenvalue weighted by Gasteiger charge is -2.10. The zero-order valence-electron chi connectivity index (χ0n) is 10.4. The molecule has 4 unspecified atom stereocenters. The zero-order chi connectivity index (χ0) is 13.1. The second kappa shape index (κ2) is 3.65. The highest BCUT2D eigenvalue weighted by atomic mass is 32.1. The first-order valence-electron chi connectivity index (χ1n) is 6.73. The van der Waals surface area contributed by atoms with Gasteiger partial charge in [-0.25, -0.2) is 0 Å². The average Bonchev–Trinajstić information content (AvgIpc) is 2.78. The zero-order valence-corrected chi connectivity index (χ0v) is 11.2. The van der Waals surface area contributed by atoms with Crippen molar-refractivity contribution in [1.29, 1.82) is 10.5 Å². The molecule has 3 saturated carbocycles. The van der Waals surface area contributed by atoms with E-state index in [1.165, 1.54) is 30.6 Å². The van der Waals surface area contributed by atoms with Crippen LogP contribution in [0.15, 0.2) is 0 Å². The normalized spacial score (nSPS) is 37.5. The molecule has 4 atom stereocenters. The monoisotopic (exact) mass is 270 g/mol. The van der Waals surface area contributed by atoms with Crippen LogP contribution in [0.1, 0.15) is 29.7 Å². The lowest BCUT2D eigenvalue weighted by molar-refractivity contribution is 0.456. The Bertz CT molecular complexity index is 619. The third kappa shape index (κ3) is 1.37. The van der Waals surface area contributed by atoms with Crippen LogP contribution in [-0.4, -0.2) is 6.04 Å². The molecule has 96 valence electrons. The van der Waals surface area contributed by atoms with Gasteiger partial charge in [0.2, 0.25) is 0 Å². The number of nitrogens with one attached hydrogen (secondary N) is 1. The van der Waals surface area contributed by atoms with E-state index >= 15 is 0 Å². The molecule has 2 bridgehead atoms. The van der Waals surface area contributed by atoms with Gasteiger partial charge in [0.25, 0.3) is 0 Å². The Kier molecular flexibility index (Phi) is 2.14. The van der Waals surface area contributed by atoms with Crippen molar-refractivity contribution in [2.45, 2.75) is 25.3 Å². The first-order chi connectivity index (χ1) is 9.24. The molecule has 0 spiro atoms. The van der Waals surface area contributed by atoms with Crippen molar-refractivity contribution < 1.29 is 0 Å². The second-order valence-electron chi connectivity index (χ2n) is 5.93. The van der Waals surface area contributed by atoms with Gasteiger partial charge in [0.1, 0.15) is 27.6 Å². The fraction of sp³-hybridized carbons (Fsp3) is 0.571. The van der Waals surface area contributed by atoms with Crippen LogP contribution in [0.2, 0.25) is 0 Å². The summed E-state index contributed by atoms with van der Waals surface area (Å²) in [6, 6.07) is 4.71. The molecule has 0 radical (unpaired) electrons. The summed E-state index contributed by atoms with van der Waals surface area (Å²) in [6.07, 6.45) is 4.17. The van der Waals surface area contributed by atoms with Crippen LogP contribution in [0.25, 0.3) is 0 Å². The van der Waals surface area contributed by atoms with Gasteiger partial charge in [-0.1, -0.05) is 0 Å². The molecule has 1 heterocycles. The standard InChI is InChI=1S/C14H14N4S/c15-4-8-12(17)9(5-16)19-14(8)18-13-10-6-1-2-7(3-6)11(10)13/h6-7,10-11,13,18H,1-3,17H2. The minimum absolute atomic E-state index is 0.339. The van der Waals surface area contributed by atoms with Crippen molar-refractivity contribution in [3.05, 3.63) is 10.4 Å². The molecule has 3 fully saturated rings. The Morgan fingerprint density at radius 3 is 2.42 bits per heavy atom. The van der Waals surface area contributed by atoms with Gasteiger partial charge < -0.3 is 11.1 Å². The lowest BCUT2D eigenvalue weighted by Crippen LogP contribution is -2.12. The van der Waals surface area contributed by atoms with Crippen molar-refractivity contribution in [3.63, 3.8) is 0 Å². The lowest BCUT2D eigenvalue weighted by atomic mass is 10.0. The maximum absolute atomic E-state index is 9.19. The maximum Gasteiger partial charge on any atom is 0.131 e. The van der Waals surface area contributed by atoms with Crippen LogP contribution >= 0.6 is 11.3 Å². The van der Waals surface area contributed by atoms with Crippen LogP contribution in [0, 0.1) is 46.3 Å². The topological polar surface area (TPSA) is 85.6 Å². The number of rotatable bonds is 2. The van der Waals surface area contributed by atoms with Crippen LogP contribution in [0.3, 0.4) is 0 Å². The molecular weight excluding hydrogens is 256 g/mol. The summed E-state index contributed by atoms with van der Waals surface area (Å²) in [5, 5.41) is 22.5. The molecule has 4 nitrogen and oxygen atoms in total. The summed E-state index contributed by atoms with van der Waals surface area (Å²) >= 11 is 1.32. The summed E-state index contributed by atoms with van der Waals surface area (Å²) in [7, 11) is 0. The van der Waals surface area contributed by atoms with E-state index in [9.17, 15) is 5.26 Å². The van der Waals surface area contributed by atoms with E-state index in [0.717, 1.165) is 28.7 Å². The summed E-state index contributed by atoms with van der Waals surface area (Å²) in [6.45, 7) is 0. The predicted octanol–water partition coefficient (Wildman–Crippen LogP) is 2.53. The Labute approximate surface area is 115 Å². The first kappa shape index (κ1) is 11.1. The van der Waals surface area contributed by atoms with Crippen LogP contribution < -0.4 is 11.1 Å². The summed E-state index contributed by atoms with van der Waals surface area (Å²) in [5.74, 6) is 3.40. The van der Waals surface area contributed by atoms with Gasteiger partial charge in [-0.2, -0.15) is 10.5 Å². The SMILES string of the molecule is N#Cc1sc(NC2C3C4CCC(C4)C23)c(C#N)c1N. The molecule has 0 aromatic carbocycles. The van der Waals surface area contributed by atoms with Gasteiger partial charge in [0.15, 0.2) is 0 Å². The molecular formula is C14H14N4S. The number of fused-ring (bicyclic) bond motifs is 5. The third-order valence-corrected chi connectivity index (χ3v) is 6.23. The highest BCUT2D eigenvalue weighted by Gasteiger charge is 2.65. The van der Waals surface area contributed by atoms with Crippen molar-refractivity contribution in [2.24, 2.45) is 23.7 Å². The van der Waals surface area contributed by atoms with Gasteiger partial charge >= 0.3 is 0 Å². The molecule has 4 rings (SSSR count). The van der Waals surface area contributed by atoms with Crippen LogP contribution in [0.5, 0.6) is 0 Å². The summed E-state index contributed by atoms with van der Waals surface area (Å²) in [5.41, 5.74) is 6.63. The van der Waals surface area contributed by atoms with E-state index < -0.39 is 0 Å². The summed E-state index contributed by atoms with van der Waals surface area (Å²) < 4.78 is 0. The maximum atomic E-state index is 9.19. The van der Waals surface area contributed by atoms with Crippen molar-refractivity contribution in [3.8, 4) is 12.1 Å². The molecule has 0 aliphatic heterocycles.